The predicted molar refractivity (Wildman–Crippen MR) is 238 cm³/mol. The molecule has 2 aromatic heterocycles. The maximum atomic E-state index is 12.6. The molecule has 6 N–H and O–H groups in total. The first-order chi connectivity index (χ1) is 31.9. The Balaban J connectivity index is 1.32. The number of hydrogen-bond acceptors (Lipinski definition) is 23. The number of aliphatic hydroxyl groups is 2. The molecule has 29 heteroatoms. The summed E-state index contributed by atoms with van der Waals surface area (Å²) in [6.45, 7) is 2.14. The number of phosphoric acid groups is 3. The molecule has 0 aromatic carbocycles. The van der Waals surface area contributed by atoms with Crippen LogP contribution in [0.5, 0.6) is 0 Å². The van der Waals surface area contributed by atoms with E-state index in [-0.39, 0.29) is 59.6 Å². The zero-order valence-corrected chi connectivity index (χ0v) is 41.7. The maximum absolute atomic E-state index is 12.6. The smallest absolute Gasteiger partial charge is 0.274 e. The fraction of sp³-hybridized carbons (Fsp3) is 0.718. The first kappa shape index (κ1) is 59.3. The van der Waals surface area contributed by atoms with E-state index >= 15 is 0 Å². The molecule has 7 atom stereocenters. The molecule has 1 saturated heterocycles. The van der Waals surface area contributed by atoms with E-state index in [2.05, 4.69) is 62.5 Å². The standard InChI is InChI=1S/C39H66N7O18P3S/c1-4-5-6-7-8-9-10-11-12-13-14-15-16-17-27(47)22-30(49)68-21-20-41-29(48)18-19-42-37(52)34(51)39(2,3)24-61-67(58,59)64-66(56,57)60-23-28-33(63-65(53,54)55)32(50)38(62-28)46-26-45-31-35(40)43-25-44-36(31)46/h11-12,25-26,28,32-34,38,50-51H,4-10,13-24H2,1-3H3,(H,41,48)(H,42,52)(H,56,57)(H,58,59)(H2,40,43,44)(H2,53,54,55)/p-4/b12-11-/t28-,32-,33-,34+,38-/m1/s1. The van der Waals surface area contributed by atoms with E-state index in [4.69, 9.17) is 10.5 Å². The average Bonchev–Trinajstić information content (AvgIpc) is 3.82. The van der Waals surface area contributed by atoms with E-state index in [0.717, 1.165) is 61.1 Å². The van der Waals surface area contributed by atoms with Gasteiger partial charge in [-0.05, 0) is 32.1 Å². The number of hydrogen-bond donors (Lipinski definition) is 5. The molecule has 0 saturated carbocycles. The monoisotopic (exact) mass is 1040 g/mol. The lowest BCUT2D eigenvalue weighted by Crippen LogP contribution is -2.46. The molecule has 386 valence electrons. The fourth-order valence-corrected chi connectivity index (χ4v) is 10.0. The van der Waals surface area contributed by atoms with Crippen LogP contribution in [0, 0.1) is 5.41 Å². The van der Waals surface area contributed by atoms with Gasteiger partial charge < -0.3 is 69.0 Å². The molecule has 0 bridgehead atoms. The average molecular weight is 1040 g/mol. The van der Waals surface area contributed by atoms with Crippen LogP contribution >= 0.6 is 35.2 Å². The summed E-state index contributed by atoms with van der Waals surface area (Å²) in [7, 11) is -17.7. The van der Waals surface area contributed by atoms with Crippen LogP contribution in [0.15, 0.2) is 24.8 Å². The molecule has 3 rings (SSSR count). The molecule has 3 heterocycles. The second kappa shape index (κ2) is 28.7. The number of Topliss-reactive ketones (excluding diaryl/α,β-unsaturated/α-hetero) is 1. The molecule has 0 radical (unpaired) electrons. The first-order valence-corrected chi connectivity index (χ1v) is 27.5. The summed E-state index contributed by atoms with van der Waals surface area (Å²) in [5.41, 5.74) is 4.05. The number of unbranched alkanes of at least 4 members (excludes halogenated alkanes) is 9. The minimum absolute atomic E-state index is 0.0264. The van der Waals surface area contributed by atoms with Crippen molar-refractivity contribution < 1.29 is 85.3 Å². The van der Waals surface area contributed by atoms with Crippen molar-refractivity contribution in [3.63, 3.8) is 0 Å². The number of nitrogens with zero attached hydrogens (tertiary/aromatic N) is 4. The van der Waals surface area contributed by atoms with Crippen molar-refractivity contribution >= 4 is 74.9 Å². The van der Waals surface area contributed by atoms with Gasteiger partial charge in [0.1, 0.15) is 42.0 Å². The van der Waals surface area contributed by atoms with Gasteiger partial charge in [0, 0.05) is 37.1 Å². The third-order valence-electron chi connectivity index (χ3n) is 10.3. The van der Waals surface area contributed by atoms with Crippen molar-refractivity contribution in [2.75, 3.05) is 37.8 Å². The van der Waals surface area contributed by atoms with Crippen molar-refractivity contribution in [3.05, 3.63) is 24.8 Å². The Kier molecular flexibility index (Phi) is 25.0. The first-order valence-electron chi connectivity index (χ1n) is 22.1. The van der Waals surface area contributed by atoms with Gasteiger partial charge in [0.2, 0.25) is 11.8 Å². The topological polar surface area (TPSA) is 392 Å². The third-order valence-corrected chi connectivity index (χ3v) is 14.2. The van der Waals surface area contributed by atoms with Crippen LogP contribution in [0.2, 0.25) is 0 Å². The highest BCUT2D eigenvalue weighted by Crippen LogP contribution is 2.56. The van der Waals surface area contributed by atoms with Crippen LogP contribution in [0.4, 0.5) is 5.82 Å². The second-order valence-corrected chi connectivity index (χ2v) is 21.8. The lowest BCUT2D eigenvalue weighted by atomic mass is 9.87. The Labute approximate surface area is 398 Å². The number of nitrogen functional groups attached to an aromatic ring is 1. The van der Waals surface area contributed by atoms with Gasteiger partial charge in [0.25, 0.3) is 15.6 Å². The molecular formula is C39H62N7O18P3S-4. The lowest BCUT2D eigenvalue weighted by molar-refractivity contribution is -0.347. The number of carbonyl (C=O) groups excluding carboxylic acids is 4. The third kappa shape index (κ3) is 21.5. The zero-order chi connectivity index (χ0) is 50.5. The van der Waals surface area contributed by atoms with Crippen LogP contribution in [-0.2, 0) is 55.5 Å². The number of anilines is 1. The Morgan fingerprint density at radius 1 is 0.926 bits per heavy atom. The number of fused-ring (bicyclic) bond motifs is 1. The summed E-state index contributed by atoms with van der Waals surface area (Å²) >= 11 is 0.919. The van der Waals surface area contributed by atoms with Gasteiger partial charge in [0.15, 0.2) is 22.8 Å². The van der Waals surface area contributed by atoms with Gasteiger partial charge >= 0.3 is 0 Å². The summed E-state index contributed by atoms with van der Waals surface area (Å²) in [4.78, 5) is 109. The number of carbonyl (C=O) groups is 4. The number of thioether (sulfide) groups is 1. The highest BCUT2D eigenvalue weighted by atomic mass is 32.2. The van der Waals surface area contributed by atoms with Gasteiger partial charge in [-0.2, -0.15) is 0 Å². The molecule has 1 fully saturated rings. The van der Waals surface area contributed by atoms with E-state index in [1.807, 2.05) is 0 Å². The van der Waals surface area contributed by atoms with Crippen LogP contribution in [0.25, 0.3) is 11.2 Å². The van der Waals surface area contributed by atoms with E-state index in [1.165, 1.54) is 52.4 Å². The number of nitrogens with two attached hydrogens (primary N) is 1. The zero-order valence-electron chi connectivity index (χ0n) is 38.2. The van der Waals surface area contributed by atoms with Crippen LogP contribution in [-0.4, -0.2) is 109 Å². The molecule has 25 nitrogen and oxygen atoms in total. The lowest BCUT2D eigenvalue weighted by Gasteiger charge is -2.36. The molecule has 0 spiro atoms. The highest BCUT2D eigenvalue weighted by molar-refractivity contribution is 8.13. The predicted octanol–water partition coefficient (Wildman–Crippen LogP) is 1.35. The number of aliphatic hydroxyl groups excluding tert-OH is 2. The van der Waals surface area contributed by atoms with Gasteiger partial charge in [-0.3, -0.25) is 32.9 Å². The number of phosphoric ester groups is 3. The van der Waals surface area contributed by atoms with Crippen LogP contribution in [0.3, 0.4) is 0 Å². The summed E-state index contributed by atoms with van der Waals surface area (Å²) in [5.74, 6) is -1.54. The minimum atomic E-state index is -5.93. The minimum Gasteiger partial charge on any atom is -0.790 e. The largest absolute Gasteiger partial charge is 0.790 e. The van der Waals surface area contributed by atoms with E-state index in [1.54, 1.807) is 0 Å². The number of rotatable bonds is 34. The molecule has 2 unspecified atom stereocenters. The van der Waals surface area contributed by atoms with Crippen molar-refractivity contribution in [1.82, 2.24) is 30.2 Å². The van der Waals surface area contributed by atoms with Gasteiger partial charge in [-0.15, -0.1) is 0 Å². The van der Waals surface area contributed by atoms with Crippen molar-refractivity contribution in [3.8, 4) is 0 Å². The quantitative estimate of drug-likeness (QED) is 0.0286. The Hall–Kier alpha value is -3.03. The van der Waals surface area contributed by atoms with E-state index in [0.29, 0.717) is 6.42 Å². The number of aromatic nitrogens is 4. The molecule has 1 aliphatic rings. The van der Waals surface area contributed by atoms with Crippen molar-refractivity contribution in [2.45, 2.75) is 141 Å². The molecule has 2 aromatic rings. The van der Waals surface area contributed by atoms with Gasteiger partial charge in [0.05, 0.1) is 33.8 Å². The van der Waals surface area contributed by atoms with Crippen molar-refractivity contribution in [1.29, 1.82) is 0 Å². The summed E-state index contributed by atoms with van der Waals surface area (Å²) in [6, 6.07) is 0. The Bertz CT molecular complexity index is 2130. The Morgan fingerprint density at radius 3 is 2.25 bits per heavy atom. The van der Waals surface area contributed by atoms with Gasteiger partial charge in [-0.1, -0.05) is 83.2 Å². The molecule has 2 amide bonds. The number of ether oxygens (including phenoxy) is 1. The summed E-state index contributed by atoms with van der Waals surface area (Å²) < 4.78 is 60.8. The molecule has 0 aliphatic carbocycles. The molecular weight excluding hydrogens is 979 g/mol. The SMILES string of the molecule is CCCCCCCC/C=C\CCCCCC(=O)CC(=O)SCCNC(=O)CCNC(=O)[C@H](O)C(C)(C)COP(=O)([O-])OP(=O)([O-])OC[C@H]1O[C@@H](n2cnc3c(N)ncnc32)[C@H](O)[C@@H]1OP(=O)([O-])[O-]. The summed E-state index contributed by atoms with van der Waals surface area (Å²) in [5, 5.41) is 26.0. The van der Waals surface area contributed by atoms with Gasteiger partial charge in [-0.25, -0.2) is 19.3 Å². The summed E-state index contributed by atoms with van der Waals surface area (Å²) in [6.07, 6.45) is 9.17. The normalized spacial score (nSPS) is 20.0. The van der Waals surface area contributed by atoms with Crippen LogP contribution in [0.1, 0.15) is 117 Å². The molecule has 1 aliphatic heterocycles. The Morgan fingerprint density at radius 2 is 1.57 bits per heavy atom. The number of allylic oxidation sites excluding steroid dienone is 2. The second-order valence-electron chi connectivity index (χ2n) is 16.5. The number of amides is 2. The van der Waals surface area contributed by atoms with Crippen molar-refractivity contribution in [2.24, 2.45) is 5.41 Å². The fourth-order valence-electron chi connectivity index (χ4n) is 6.61. The number of imidazole rings is 1. The van der Waals surface area contributed by atoms with E-state index < -0.39 is 84.6 Å². The molecule has 68 heavy (non-hydrogen) atoms. The maximum Gasteiger partial charge on any atom is 0.274 e. The number of ketones is 1. The highest BCUT2D eigenvalue weighted by Gasteiger charge is 2.47. The number of nitrogens with one attached hydrogen (secondary N) is 2. The van der Waals surface area contributed by atoms with Crippen LogP contribution < -0.4 is 35.9 Å². The van der Waals surface area contributed by atoms with E-state index in [9.17, 15) is 62.7 Å².